The minimum absolute atomic E-state index is 0.127. The predicted molar refractivity (Wildman–Crippen MR) is 124 cm³/mol. The van der Waals surface area contributed by atoms with Crippen LogP contribution in [-0.4, -0.2) is 85.8 Å². The summed E-state index contributed by atoms with van der Waals surface area (Å²) in [6.45, 7) is 6.00. The molecule has 2 atom stereocenters. The summed E-state index contributed by atoms with van der Waals surface area (Å²) in [4.78, 5) is 28.4. The highest BCUT2D eigenvalue weighted by Gasteiger charge is 2.43. The molecular weight excluding hydrogens is 461 g/mol. The van der Waals surface area contributed by atoms with Crippen LogP contribution in [0.2, 0.25) is 0 Å². The van der Waals surface area contributed by atoms with Crippen molar-refractivity contribution in [3.8, 4) is 0 Å². The van der Waals surface area contributed by atoms with Crippen LogP contribution in [0.4, 0.5) is 24.7 Å². The van der Waals surface area contributed by atoms with Crippen molar-refractivity contribution in [3.05, 3.63) is 47.9 Å². The van der Waals surface area contributed by atoms with Gasteiger partial charge in [-0.25, -0.2) is 4.98 Å². The van der Waals surface area contributed by atoms with E-state index in [2.05, 4.69) is 30.0 Å². The number of ether oxygens (including phenoxy) is 1. The van der Waals surface area contributed by atoms with Crippen molar-refractivity contribution < 1.29 is 22.7 Å². The molecule has 11 heteroatoms. The lowest BCUT2D eigenvalue weighted by Crippen LogP contribution is -2.61. The molecule has 2 aromatic rings. The lowest BCUT2D eigenvalue weighted by molar-refractivity contribution is -0.137. The molecule has 3 aliphatic heterocycles. The zero-order chi connectivity index (χ0) is 24.4. The first-order chi connectivity index (χ1) is 16.9. The fourth-order valence-corrected chi connectivity index (χ4v) is 5.26. The van der Waals surface area contributed by atoms with Crippen LogP contribution >= 0.6 is 0 Å². The Balaban J connectivity index is 1.36. The van der Waals surface area contributed by atoms with Gasteiger partial charge >= 0.3 is 6.18 Å². The Morgan fingerprint density at radius 1 is 1.14 bits per heavy atom. The molecule has 2 fully saturated rings. The number of carbonyl (C=O) groups excluding carboxylic acids is 1. The minimum Gasteiger partial charge on any atom is -0.379 e. The number of alkyl halides is 3. The highest BCUT2D eigenvalue weighted by Crippen LogP contribution is 2.40. The van der Waals surface area contributed by atoms with Crippen LogP contribution < -0.4 is 15.1 Å². The molecule has 2 saturated heterocycles. The van der Waals surface area contributed by atoms with E-state index < -0.39 is 17.7 Å². The van der Waals surface area contributed by atoms with Gasteiger partial charge in [0.05, 0.1) is 36.9 Å². The molecule has 1 amide bonds. The smallest absolute Gasteiger partial charge is 0.379 e. The lowest BCUT2D eigenvalue weighted by Gasteiger charge is -2.49. The van der Waals surface area contributed by atoms with Gasteiger partial charge in [0, 0.05) is 63.9 Å². The molecule has 0 spiro atoms. The van der Waals surface area contributed by atoms with E-state index in [1.165, 1.54) is 6.07 Å². The third kappa shape index (κ3) is 5.20. The van der Waals surface area contributed by atoms with Gasteiger partial charge in [-0.3, -0.25) is 14.7 Å². The van der Waals surface area contributed by atoms with Gasteiger partial charge in [0.25, 0.3) is 0 Å². The van der Waals surface area contributed by atoms with E-state index in [1.54, 1.807) is 24.7 Å². The second kappa shape index (κ2) is 9.98. The first-order valence-electron chi connectivity index (χ1n) is 12.0. The molecule has 1 aromatic heterocycles. The van der Waals surface area contributed by atoms with Gasteiger partial charge < -0.3 is 19.9 Å². The number of benzene rings is 1. The van der Waals surface area contributed by atoms with Crippen LogP contribution in [0.5, 0.6) is 0 Å². The maximum atomic E-state index is 13.4. The summed E-state index contributed by atoms with van der Waals surface area (Å²) in [6.07, 6.45) is 0.774. The zero-order valence-electron chi connectivity index (χ0n) is 19.4. The van der Waals surface area contributed by atoms with Crippen LogP contribution in [0.3, 0.4) is 0 Å². The predicted octanol–water partition coefficient (Wildman–Crippen LogP) is 1.81. The fraction of sp³-hybridized carbons (Fsp3) is 0.542. The second-order valence-electron chi connectivity index (χ2n) is 9.17. The first kappa shape index (κ1) is 23.8. The Morgan fingerprint density at radius 3 is 2.71 bits per heavy atom. The van der Waals surface area contributed by atoms with Crippen molar-refractivity contribution in [3.63, 3.8) is 0 Å². The maximum absolute atomic E-state index is 13.4. The Labute approximate surface area is 202 Å². The number of aromatic nitrogens is 2. The third-order valence-electron chi connectivity index (χ3n) is 7.08. The van der Waals surface area contributed by atoms with Crippen LogP contribution in [-0.2, 0) is 22.1 Å². The Morgan fingerprint density at radius 2 is 1.97 bits per heavy atom. The van der Waals surface area contributed by atoms with Gasteiger partial charge in [-0.15, -0.1) is 0 Å². The fourth-order valence-electron chi connectivity index (χ4n) is 5.26. The highest BCUT2D eigenvalue weighted by molar-refractivity contribution is 5.82. The summed E-state index contributed by atoms with van der Waals surface area (Å²) in [5.74, 6) is 0.129. The highest BCUT2D eigenvalue weighted by atomic mass is 19.4. The molecule has 3 aliphatic rings. The van der Waals surface area contributed by atoms with E-state index in [1.807, 2.05) is 0 Å². The molecule has 1 N–H and O–H groups in total. The topological polar surface area (TPSA) is 73.8 Å². The third-order valence-corrected chi connectivity index (χ3v) is 7.08. The molecular formula is C24H29F3N6O2. The van der Waals surface area contributed by atoms with Gasteiger partial charge in [-0.1, -0.05) is 0 Å². The minimum atomic E-state index is -4.42. The monoisotopic (exact) mass is 490 g/mol. The van der Waals surface area contributed by atoms with Crippen molar-refractivity contribution in [2.75, 3.05) is 68.8 Å². The molecule has 0 saturated carbocycles. The summed E-state index contributed by atoms with van der Waals surface area (Å²) in [6, 6.07) is 3.70. The first-order valence-corrected chi connectivity index (χ1v) is 12.0. The molecule has 0 aliphatic carbocycles. The van der Waals surface area contributed by atoms with Crippen molar-refractivity contribution >= 4 is 17.4 Å². The van der Waals surface area contributed by atoms with Crippen molar-refractivity contribution in [2.24, 2.45) is 5.92 Å². The van der Waals surface area contributed by atoms with E-state index in [0.29, 0.717) is 45.0 Å². The number of hydrogen-bond acceptors (Lipinski definition) is 7. The number of morpholine rings is 1. The van der Waals surface area contributed by atoms with Crippen molar-refractivity contribution in [2.45, 2.75) is 18.6 Å². The lowest BCUT2D eigenvalue weighted by atomic mass is 9.82. The number of halogens is 3. The number of rotatable bonds is 5. The van der Waals surface area contributed by atoms with E-state index >= 15 is 0 Å². The average molecular weight is 491 g/mol. The van der Waals surface area contributed by atoms with E-state index in [4.69, 9.17) is 4.74 Å². The Bertz CT molecular complexity index is 1030. The maximum Gasteiger partial charge on any atom is 0.416 e. The zero-order valence-corrected chi connectivity index (χ0v) is 19.4. The number of nitrogens with zero attached hydrogens (tertiary/aromatic N) is 5. The van der Waals surface area contributed by atoms with Crippen LogP contribution in [0.15, 0.2) is 36.8 Å². The standard InChI is InChI=1S/C24H29F3N6O2/c25-24(26,27)18-1-2-20-17(13-18)14-19(23(34)30-5-6-31-9-11-35-12-10-31)21-16-32(7-8-33(20)21)22-15-28-3-4-29-22/h1-4,13,15,19,21H,5-12,14,16H2,(H,30,34)/t19-,21+/m0/s1. The Kier molecular flexibility index (Phi) is 6.79. The molecule has 4 heterocycles. The van der Waals surface area contributed by atoms with E-state index in [0.717, 1.165) is 37.2 Å². The van der Waals surface area contributed by atoms with Gasteiger partial charge in [-0.05, 0) is 30.2 Å². The van der Waals surface area contributed by atoms with Crippen molar-refractivity contribution in [1.82, 2.24) is 20.2 Å². The van der Waals surface area contributed by atoms with Gasteiger partial charge in [0.2, 0.25) is 5.91 Å². The molecule has 188 valence electrons. The largest absolute Gasteiger partial charge is 0.416 e. The molecule has 0 unspecified atom stereocenters. The summed E-state index contributed by atoms with van der Waals surface area (Å²) >= 11 is 0. The number of fused-ring (bicyclic) bond motifs is 3. The van der Waals surface area contributed by atoms with E-state index in [9.17, 15) is 18.0 Å². The average Bonchev–Trinajstić information content (AvgIpc) is 2.88. The number of hydrogen-bond donors (Lipinski definition) is 1. The molecule has 8 nitrogen and oxygen atoms in total. The molecule has 5 rings (SSSR count). The van der Waals surface area contributed by atoms with Gasteiger partial charge in [0.1, 0.15) is 5.82 Å². The summed E-state index contributed by atoms with van der Waals surface area (Å²) < 4.78 is 45.6. The second-order valence-corrected chi connectivity index (χ2v) is 9.17. The summed E-state index contributed by atoms with van der Waals surface area (Å²) in [7, 11) is 0. The number of anilines is 2. The Hall–Kier alpha value is -2.92. The normalized spacial score (nSPS) is 22.9. The summed E-state index contributed by atoms with van der Waals surface area (Å²) in [5.41, 5.74) is 0.663. The quantitative estimate of drug-likeness (QED) is 0.686. The van der Waals surface area contributed by atoms with Crippen LogP contribution in [0.1, 0.15) is 11.1 Å². The molecule has 0 radical (unpaired) electrons. The van der Waals surface area contributed by atoms with E-state index in [-0.39, 0.29) is 18.4 Å². The number of piperazine rings is 1. The molecule has 35 heavy (non-hydrogen) atoms. The number of carbonyl (C=O) groups is 1. The van der Waals surface area contributed by atoms with Crippen LogP contribution in [0.25, 0.3) is 0 Å². The van der Waals surface area contributed by atoms with Crippen LogP contribution in [0, 0.1) is 5.92 Å². The summed E-state index contributed by atoms with van der Waals surface area (Å²) in [5, 5.41) is 3.05. The molecule has 0 bridgehead atoms. The van der Waals surface area contributed by atoms with Crippen molar-refractivity contribution in [1.29, 1.82) is 0 Å². The SMILES string of the molecule is O=C(NCCN1CCOCC1)[C@H]1Cc2cc(C(F)(F)F)ccc2N2CCN(c3cnccn3)C[C@H]12. The number of nitrogens with one attached hydrogen (secondary N) is 1. The number of amides is 1. The van der Waals surface area contributed by atoms with Gasteiger partial charge in [0.15, 0.2) is 0 Å². The van der Waals surface area contributed by atoms with Gasteiger partial charge in [-0.2, -0.15) is 13.2 Å². The molecule has 1 aromatic carbocycles.